The maximum atomic E-state index is 12.4. The fourth-order valence-electron chi connectivity index (χ4n) is 3.73. The number of carboxylic acid groups (broad SMARTS) is 2. The third-order valence-electron chi connectivity index (χ3n) is 5.15. The summed E-state index contributed by atoms with van der Waals surface area (Å²) in [5, 5.41) is 16.8. The monoisotopic (exact) mass is 435 g/mol. The van der Waals surface area contributed by atoms with Crippen molar-refractivity contribution in [2.24, 2.45) is 0 Å². The molecule has 2 aromatic heterocycles. The molecule has 3 N–H and O–H groups in total. The highest BCUT2D eigenvalue weighted by Gasteiger charge is 2.27. The van der Waals surface area contributed by atoms with Crippen molar-refractivity contribution in [3.63, 3.8) is 0 Å². The highest BCUT2D eigenvalue weighted by molar-refractivity contribution is 5.74. The van der Waals surface area contributed by atoms with Gasteiger partial charge in [0.2, 0.25) is 0 Å². The minimum Gasteiger partial charge on any atom is -0.483 e. The Hall–Kier alpha value is -3.18. The zero-order valence-corrected chi connectivity index (χ0v) is 17.3. The van der Waals surface area contributed by atoms with Crippen molar-refractivity contribution < 1.29 is 29.3 Å². The lowest BCUT2D eigenvalue weighted by molar-refractivity contribution is -0.123. The van der Waals surface area contributed by atoms with Crippen LogP contribution in [0.5, 0.6) is 0 Å². The molecule has 11 nitrogen and oxygen atoms in total. The van der Waals surface area contributed by atoms with Crippen molar-refractivity contribution in [2.75, 3.05) is 39.4 Å². The molecule has 2 aliphatic rings. The summed E-state index contributed by atoms with van der Waals surface area (Å²) in [5.41, 5.74) is 1.78. The van der Waals surface area contributed by atoms with Crippen molar-refractivity contribution in [1.29, 1.82) is 0 Å². The lowest BCUT2D eigenvalue weighted by Gasteiger charge is -2.40. The molecule has 2 amide bonds. The number of piperidine rings is 1. The third-order valence-corrected chi connectivity index (χ3v) is 5.15. The first-order valence-corrected chi connectivity index (χ1v) is 10.1. The number of fused-ring (bicyclic) bond motifs is 1. The van der Waals surface area contributed by atoms with Crippen LogP contribution < -0.4 is 5.32 Å². The number of hydrogen-bond donors (Lipinski definition) is 3. The molecule has 2 aromatic rings. The van der Waals surface area contributed by atoms with E-state index in [1.807, 2.05) is 39.9 Å². The summed E-state index contributed by atoms with van der Waals surface area (Å²) >= 11 is 0. The van der Waals surface area contributed by atoms with E-state index in [1.54, 1.807) is 0 Å². The van der Waals surface area contributed by atoms with E-state index < -0.39 is 0 Å². The number of aromatic nitrogens is 2. The van der Waals surface area contributed by atoms with E-state index in [0.717, 1.165) is 63.6 Å². The van der Waals surface area contributed by atoms with Gasteiger partial charge in [-0.1, -0.05) is 6.07 Å². The molecule has 170 valence electrons. The number of nitrogens with one attached hydrogen (secondary N) is 1. The molecule has 4 rings (SSSR count). The van der Waals surface area contributed by atoms with Gasteiger partial charge in [0.15, 0.2) is 0 Å². The first-order valence-electron chi connectivity index (χ1n) is 10.1. The van der Waals surface area contributed by atoms with E-state index in [2.05, 4.69) is 15.2 Å². The second-order valence-corrected chi connectivity index (χ2v) is 6.93. The number of urea groups is 1. The topological polar surface area (TPSA) is 137 Å². The molecule has 11 heteroatoms. The number of hydrogen-bond acceptors (Lipinski definition) is 6. The summed E-state index contributed by atoms with van der Waals surface area (Å²) in [5.74, 6) is 0. The highest BCUT2D eigenvalue weighted by Crippen LogP contribution is 2.18. The number of carbonyl (C=O) groups is 3. The first-order chi connectivity index (χ1) is 15.1. The maximum absolute atomic E-state index is 12.4. The molecule has 0 unspecified atom stereocenters. The third kappa shape index (κ3) is 7.54. The van der Waals surface area contributed by atoms with Crippen LogP contribution in [0.1, 0.15) is 18.5 Å². The van der Waals surface area contributed by atoms with Gasteiger partial charge in [-0.15, -0.1) is 0 Å². The average molecular weight is 435 g/mol. The molecule has 0 aliphatic carbocycles. The fraction of sp³-hybridized carbons (Fsp3) is 0.500. The van der Waals surface area contributed by atoms with E-state index >= 15 is 0 Å². The number of pyridine rings is 1. The van der Waals surface area contributed by atoms with Gasteiger partial charge in [0.05, 0.1) is 25.5 Å². The van der Waals surface area contributed by atoms with Gasteiger partial charge in [-0.3, -0.25) is 14.5 Å². The van der Waals surface area contributed by atoms with Crippen LogP contribution in [0, 0.1) is 0 Å². The molecule has 0 aromatic carbocycles. The maximum Gasteiger partial charge on any atom is 0.317 e. The predicted octanol–water partition coefficient (Wildman–Crippen LogP) is 0.742. The largest absolute Gasteiger partial charge is 0.483 e. The normalized spacial score (nSPS) is 17.0. The van der Waals surface area contributed by atoms with Crippen LogP contribution in [0.3, 0.4) is 0 Å². The van der Waals surface area contributed by atoms with Gasteiger partial charge in [0, 0.05) is 44.6 Å². The van der Waals surface area contributed by atoms with Gasteiger partial charge in [0.1, 0.15) is 5.65 Å². The first kappa shape index (κ1) is 24.1. The van der Waals surface area contributed by atoms with Gasteiger partial charge in [-0.05, 0) is 25.0 Å². The van der Waals surface area contributed by atoms with Gasteiger partial charge in [-0.2, -0.15) is 0 Å². The molecule has 0 spiro atoms. The summed E-state index contributed by atoms with van der Waals surface area (Å²) in [6.07, 6.45) is 6.01. The lowest BCUT2D eigenvalue weighted by atomic mass is 10.0. The predicted molar refractivity (Wildman–Crippen MR) is 112 cm³/mol. The van der Waals surface area contributed by atoms with Gasteiger partial charge < -0.3 is 29.6 Å². The minimum atomic E-state index is -0.250. The number of imidazole rings is 1. The zero-order chi connectivity index (χ0) is 22.5. The quantitative estimate of drug-likeness (QED) is 0.601. The number of ether oxygens (including phenoxy) is 1. The second-order valence-electron chi connectivity index (χ2n) is 6.93. The summed E-state index contributed by atoms with van der Waals surface area (Å²) in [7, 11) is 0. The Morgan fingerprint density at radius 2 is 1.77 bits per heavy atom. The summed E-state index contributed by atoms with van der Waals surface area (Å²) < 4.78 is 7.39. The van der Waals surface area contributed by atoms with Gasteiger partial charge in [-0.25, -0.2) is 9.78 Å². The zero-order valence-electron chi connectivity index (χ0n) is 17.3. The number of likely N-dealkylation sites (tertiary alicyclic amines) is 1. The molecule has 0 atom stereocenters. The van der Waals surface area contributed by atoms with Gasteiger partial charge >= 0.3 is 6.03 Å². The number of rotatable bonds is 3. The molecule has 0 saturated carbocycles. The summed E-state index contributed by atoms with van der Waals surface area (Å²) in [4.78, 5) is 38.1. The number of amides is 2. The standard InChI is InChI=1S/C18H25N5O2.2CH2O2/c24-18(19-13-15-14-23-6-2-1-3-17(23)20-15)22-7-4-16(5-8-22)21-9-11-25-12-10-21;2*2-1-3/h1-3,6,14,16H,4-5,7-13H2,(H,19,24);2*1H,(H,2,3). The number of carbonyl (C=O) groups excluding carboxylic acids is 1. The molecular formula is C20H29N5O6. The Morgan fingerprint density at radius 1 is 1.13 bits per heavy atom. The molecule has 0 bridgehead atoms. The Bertz CT molecular complexity index is 776. The molecule has 0 radical (unpaired) electrons. The fourth-order valence-corrected chi connectivity index (χ4v) is 3.73. The van der Waals surface area contributed by atoms with Crippen molar-refractivity contribution in [3.8, 4) is 0 Å². The van der Waals surface area contributed by atoms with E-state index in [9.17, 15) is 4.79 Å². The molecule has 2 saturated heterocycles. The smallest absolute Gasteiger partial charge is 0.317 e. The van der Waals surface area contributed by atoms with E-state index in [1.165, 1.54) is 0 Å². The molecule has 4 heterocycles. The Balaban J connectivity index is 0.000000513. The van der Waals surface area contributed by atoms with Crippen molar-refractivity contribution >= 4 is 24.6 Å². The molecular weight excluding hydrogens is 406 g/mol. The number of nitrogens with zero attached hydrogens (tertiary/aromatic N) is 4. The summed E-state index contributed by atoms with van der Waals surface area (Å²) in [6, 6.07) is 6.49. The Kier molecular flexibility index (Phi) is 10.3. The Labute approximate surface area is 180 Å². The van der Waals surface area contributed by atoms with E-state index in [4.69, 9.17) is 24.5 Å². The molecule has 2 aliphatic heterocycles. The minimum absolute atomic E-state index is 0.0116. The van der Waals surface area contributed by atoms with Crippen LogP contribution in [0.2, 0.25) is 0 Å². The van der Waals surface area contributed by atoms with E-state index in [-0.39, 0.29) is 19.0 Å². The van der Waals surface area contributed by atoms with Crippen LogP contribution in [0.4, 0.5) is 4.79 Å². The summed E-state index contributed by atoms with van der Waals surface area (Å²) in [6.45, 7) is 5.30. The van der Waals surface area contributed by atoms with Crippen LogP contribution in [-0.2, 0) is 20.9 Å². The van der Waals surface area contributed by atoms with Crippen molar-refractivity contribution in [2.45, 2.75) is 25.4 Å². The van der Waals surface area contributed by atoms with Crippen LogP contribution in [-0.4, -0.2) is 93.8 Å². The second kappa shape index (κ2) is 13.2. The number of morpholine rings is 1. The van der Waals surface area contributed by atoms with Crippen molar-refractivity contribution in [1.82, 2.24) is 24.5 Å². The lowest BCUT2D eigenvalue weighted by Crippen LogP contribution is -2.51. The van der Waals surface area contributed by atoms with Crippen LogP contribution in [0.25, 0.3) is 5.65 Å². The molecule has 2 fully saturated rings. The molecule has 31 heavy (non-hydrogen) atoms. The van der Waals surface area contributed by atoms with Crippen LogP contribution in [0.15, 0.2) is 30.6 Å². The SMILES string of the molecule is O=C(NCc1cn2ccccc2n1)N1CCC(N2CCOCC2)CC1.O=CO.O=CO. The van der Waals surface area contributed by atoms with Crippen LogP contribution >= 0.6 is 0 Å². The van der Waals surface area contributed by atoms with Gasteiger partial charge in [0.25, 0.3) is 12.9 Å². The highest BCUT2D eigenvalue weighted by atomic mass is 16.5. The van der Waals surface area contributed by atoms with E-state index in [0.29, 0.717) is 12.6 Å². The average Bonchev–Trinajstić information content (AvgIpc) is 3.22. The van der Waals surface area contributed by atoms with Crippen molar-refractivity contribution in [3.05, 3.63) is 36.3 Å². The Morgan fingerprint density at radius 3 is 2.39 bits per heavy atom.